The molecule has 9 nitrogen and oxygen atoms in total. The molecule has 0 aliphatic heterocycles. The lowest BCUT2D eigenvalue weighted by Gasteiger charge is -2.05. The second-order valence-corrected chi connectivity index (χ2v) is 12.8. The molecule has 0 unspecified atom stereocenters. The first-order chi connectivity index (χ1) is 16.5. The van der Waals surface area contributed by atoms with Crippen molar-refractivity contribution >= 4 is 53.8 Å². The van der Waals surface area contributed by atoms with E-state index >= 15 is 0 Å². The highest BCUT2D eigenvalue weighted by Gasteiger charge is 2.16. The number of hydrogen-bond donors (Lipinski definition) is 0. The number of ether oxygens (including phenoxy) is 1. The van der Waals surface area contributed by atoms with Gasteiger partial charge in [0.25, 0.3) is 0 Å². The Morgan fingerprint density at radius 1 is 0.686 bits per heavy atom. The summed E-state index contributed by atoms with van der Waals surface area (Å²) in [5.74, 6) is 1.11. The summed E-state index contributed by atoms with van der Waals surface area (Å²) in [6.07, 6.45) is 0. The van der Waals surface area contributed by atoms with E-state index in [0.717, 1.165) is 11.1 Å². The van der Waals surface area contributed by atoms with E-state index < -0.39 is 20.2 Å². The van der Waals surface area contributed by atoms with E-state index in [0.29, 0.717) is 34.8 Å². The molecular weight excluding hydrogens is 533 g/mol. The lowest BCUT2D eigenvalue weighted by molar-refractivity contribution is 0.167. The van der Waals surface area contributed by atoms with Gasteiger partial charge in [-0.2, -0.15) is 16.8 Å². The summed E-state index contributed by atoms with van der Waals surface area (Å²) in [4.78, 5) is 0.0879. The molecule has 0 radical (unpaired) electrons. The zero-order valence-corrected chi connectivity index (χ0v) is 23.1. The molecule has 0 N–H and O–H groups in total. The number of aryl methyl sites for hydroxylation is 2. The Kier molecular flexibility index (Phi) is 11.6. The van der Waals surface area contributed by atoms with Crippen LogP contribution in [0.4, 0.5) is 0 Å². The zero-order chi connectivity index (χ0) is 25.9. The van der Waals surface area contributed by atoms with Crippen LogP contribution in [0.3, 0.4) is 0 Å². The highest BCUT2D eigenvalue weighted by atomic mass is 32.2. The van der Waals surface area contributed by atoms with Gasteiger partial charge >= 0.3 is 20.2 Å². The van der Waals surface area contributed by atoms with Crippen molar-refractivity contribution in [3.63, 3.8) is 0 Å². The quantitative estimate of drug-likeness (QED) is 0.159. The minimum Gasteiger partial charge on any atom is -0.380 e. The topological polar surface area (TPSA) is 121 Å². The smallest absolute Gasteiger partial charge is 0.358 e. The molecule has 0 heterocycles. The minimum atomic E-state index is -3.95. The second kappa shape index (κ2) is 13.9. The number of hydrogen-bond acceptors (Lipinski definition) is 11. The minimum absolute atomic E-state index is 0.0439. The average molecular weight is 561 g/mol. The zero-order valence-electron chi connectivity index (χ0n) is 19.8. The molecule has 0 bridgehead atoms. The molecule has 35 heavy (non-hydrogen) atoms. The molecule has 2 rings (SSSR count). The van der Waals surface area contributed by atoms with E-state index in [2.05, 4.69) is 10.3 Å². The van der Waals surface area contributed by atoms with Crippen molar-refractivity contribution in [3.8, 4) is 0 Å². The molecule has 2 aromatic rings. The van der Waals surface area contributed by atoms with Gasteiger partial charge in [-0.3, -0.25) is 8.57 Å². The van der Waals surface area contributed by atoms with Crippen LogP contribution in [0, 0.1) is 13.8 Å². The molecule has 13 heteroatoms. The average Bonchev–Trinajstić information content (AvgIpc) is 2.81. The van der Waals surface area contributed by atoms with Crippen molar-refractivity contribution in [2.45, 2.75) is 37.5 Å². The highest BCUT2D eigenvalue weighted by molar-refractivity contribution is 8.14. The van der Waals surface area contributed by atoms with Crippen LogP contribution >= 0.6 is 23.5 Å². The third kappa shape index (κ3) is 10.6. The number of nitrogens with zero attached hydrogens (tertiary/aromatic N) is 2. The second-order valence-electron chi connectivity index (χ2n) is 7.21. The van der Waals surface area contributed by atoms with Gasteiger partial charge in [0.05, 0.1) is 13.2 Å². The molecule has 192 valence electrons. The van der Waals surface area contributed by atoms with Crippen molar-refractivity contribution < 1.29 is 30.1 Å². The van der Waals surface area contributed by atoms with E-state index in [1.807, 2.05) is 13.8 Å². The molecule has 0 aliphatic rings. The van der Waals surface area contributed by atoms with Gasteiger partial charge in [0.2, 0.25) is 0 Å². The van der Waals surface area contributed by atoms with E-state index in [9.17, 15) is 16.8 Å². The maximum absolute atomic E-state index is 12.1. The van der Waals surface area contributed by atoms with Crippen LogP contribution in [0.5, 0.6) is 0 Å². The molecule has 0 aliphatic carbocycles. The van der Waals surface area contributed by atoms with Crippen molar-refractivity contribution in [1.82, 2.24) is 0 Å². The molecule has 0 atom stereocenters. The van der Waals surface area contributed by atoms with Gasteiger partial charge in [-0.25, -0.2) is 0 Å². The van der Waals surface area contributed by atoms with E-state index in [1.54, 1.807) is 38.1 Å². The van der Waals surface area contributed by atoms with Gasteiger partial charge in [0.15, 0.2) is 0 Å². The maximum atomic E-state index is 12.1. The van der Waals surface area contributed by atoms with Gasteiger partial charge in [-0.15, -0.1) is 23.5 Å². The molecule has 2 aromatic carbocycles. The first-order valence-electron chi connectivity index (χ1n) is 10.4. The fourth-order valence-corrected chi connectivity index (χ4v) is 5.15. The van der Waals surface area contributed by atoms with Gasteiger partial charge in [-0.1, -0.05) is 45.7 Å². The van der Waals surface area contributed by atoms with Crippen LogP contribution in [0.25, 0.3) is 0 Å². The SMILES string of the molecule is C/C(=N\OS(=O)(=O)c1ccc(C)cc1)SCCOCCS/C(C)=N/OS(=O)(=O)c1ccc(C)cc1. The summed E-state index contributed by atoms with van der Waals surface area (Å²) < 4.78 is 63.5. The van der Waals surface area contributed by atoms with E-state index in [-0.39, 0.29) is 9.79 Å². The fourth-order valence-electron chi connectivity index (χ4n) is 2.35. The van der Waals surface area contributed by atoms with Crippen LogP contribution in [0.15, 0.2) is 68.6 Å². The summed E-state index contributed by atoms with van der Waals surface area (Å²) in [6, 6.07) is 12.6. The lowest BCUT2D eigenvalue weighted by atomic mass is 10.2. The van der Waals surface area contributed by atoms with Crippen LogP contribution < -0.4 is 0 Å². The van der Waals surface area contributed by atoms with Crippen LogP contribution in [0.2, 0.25) is 0 Å². The number of rotatable bonds is 12. The van der Waals surface area contributed by atoms with Crippen LogP contribution in [0.1, 0.15) is 25.0 Å². The Hall–Kier alpha value is -2.06. The maximum Gasteiger partial charge on any atom is 0.358 e. The van der Waals surface area contributed by atoms with Crippen LogP contribution in [-0.2, 0) is 33.5 Å². The molecule has 0 amide bonds. The molecular formula is C22H28N2O7S4. The fraction of sp³-hybridized carbons (Fsp3) is 0.364. The Morgan fingerprint density at radius 2 is 1.03 bits per heavy atom. The predicted octanol–water partition coefficient (Wildman–Crippen LogP) is 4.56. The van der Waals surface area contributed by atoms with Crippen molar-refractivity contribution in [2.24, 2.45) is 10.3 Å². The third-order valence-electron chi connectivity index (χ3n) is 4.22. The Balaban J connectivity index is 1.63. The van der Waals surface area contributed by atoms with E-state index in [1.165, 1.54) is 47.8 Å². The largest absolute Gasteiger partial charge is 0.380 e. The Morgan fingerprint density at radius 3 is 1.37 bits per heavy atom. The summed E-state index contributed by atoms with van der Waals surface area (Å²) in [7, 11) is -7.90. The standard InChI is InChI=1S/C22H28N2O7S4/c1-17-5-9-21(10-6-17)34(25,26)30-23-19(3)32-15-13-29-14-16-33-20(4)24-31-35(27,28)22-11-7-18(2)8-12-22/h5-12H,13-16H2,1-4H3/b23-19+,24-20+. The van der Waals surface area contributed by atoms with Crippen molar-refractivity contribution in [3.05, 3.63) is 59.7 Å². The molecule has 0 spiro atoms. The molecule has 0 aromatic heterocycles. The summed E-state index contributed by atoms with van der Waals surface area (Å²) in [6.45, 7) is 7.85. The number of oxime groups is 2. The van der Waals surface area contributed by atoms with Gasteiger partial charge in [-0.05, 0) is 52.0 Å². The first kappa shape index (κ1) is 29.2. The molecule has 0 saturated heterocycles. The predicted molar refractivity (Wildman–Crippen MR) is 141 cm³/mol. The molecule has 0 saturated carbocycles. The van der Waals surface area contributed by atoms with E-state index in [4.69, 9.17) is 13.3 Å². The van der Waals surface area contributed by atoms with Crippen molar-refractivity contribution in [1.29, 1.82) is 0 Å². The highest BCUT2D eigenvalue weighted by Crippen LogP contribution is 2.16. The lowest BCUT2D eigenvalue weighted by Crippen LogP contribution is -2.06. The van der Waals surface area contributed by atoms with Crippen molar-refractivity contribution in [2.75, 3.05) is 24.7 Å². The third-order valence-corrected chi connectivity index (χ3v) is 8.19. The van der Waals surface area contributed by atoms with Gasteiger partial charge in [0.1, 0.15) is 19.9 Å². The van der Waals surface area contributed by atoms with Gasteiger partial charge in [0, 0.05) is 11.5 Å². The Labute approximate surface area is 215 Å². The first-order valence-corrected chi connectivity index (χ1v) is 15.2. The van der Waals surface area contributed by atoms with Gasteiger partial charge < -0.3 is 4.74 Å². The normalized spacial score (nSPS) is 13.0. The van der Waals surface area contributed by atoms with Crippen LogP contribution in [-0.4, -0.2) is 51.6 Å². The number of benzene rings is 2. The number of thioether (sulfide) groups is 2. The summed E-state index contributed by atoms with van der Waals surface area (Å²) in [5.41, 5.74) is 1.89. The Bertz CT molecular complexity index is 1130. The summed E-state index contributed by atoms with van der Waals surface area (Å²) >= 11 is 2.61. The monoisotopic (exact) mass is 560 g/mol. The summed E-state index contributed by atoms with van der Waals surface area (Å²) in [5, 5.41) is 8.25. The molecule has 0 fully saturated rings.